The Kier molecular flexibility index (Phi) is 8.38. The zero-order valence-electron chi connectivity index (χ0n) is 17.9. The monoisotopic (exact) mass is 418 g/mol. The van der Waals surface area contributed by atoms with Crippen LogP contribution in [0.3, 0.4) is 0 Å². The van der Waals surface area contributed by atoms with Gasteiger partial charge in [0.15, 0.2) is 11.8 Å². The number of ether oxygens (including phenoxy) is 2. The van der Waals surface area contributed by atoms with Gasteiger partial charge in [-0.25, -0.2) is 9.59 Å². The molecule has 1 aromatic carbocycles. The molecule has 0 saturated carbocycles. The number of carbonyl (C=O) groups excluding carboxylic acids is 4. The van der Waals surface area contributed by atoms with Crippen molar-refractivity contribution in [3.63, 3.8) is 0 Å². The van der Waals surface area contributed by atoms with Crippen LogP contribution < -0.4 is 5.32 Å². The molecule has 2 rings (SSSR count). The predicted octanol–water partition coefficient (Wildman–Crippen LogP) is 2.31. The number of esters is 1. The summed E-state index contributed by atoms with van der Waals surface area (Å²) in [5, 5.41) is 2.50. The quantitative estimate of drug-likeness (QED) is 0.513. The van der Waals surface area contributed by atoms with Crippen molar-refractivity contribution in [2.75, 3.05) is 13.7 Å². The predicted molar refractivity (Wildman–Crippen MR) is 109 cm³/mol. The van der Waals surface area contributed by atoms with Crippen molar-refractivity contribution in [1.82, 2.24) is 10.2 Å². The fourth-order valence-corrected chi connectivity index (χ4v) is 3.80. The summed E-state index contributed by atoms with van der Waals surface area (Å²) >= 11 is 0. The lowest BCUT2D eigenvalue weighted by atomic mass is 9.86. The van der Waals surface area contributed by atoms with Gasteiger partial charge < -0.3 is 19.7 Å². The topological polar surface area (TPSA) is 102 Å². The minimum atomic E-state index is -1.36. The Bertz CT molecular complexity index is 764. The Morgan fingerprint density at radius 3 is 2.40 bits per heavy atom. The second-order valence-electron chi connectivity index (χ2n) is 7.79. The zero-order chi connectivity index (χ0) is 22.3. The van der Waals surface area contributed by atoms with Crippen LogP contribution in [0.5, 0.6) is 0 Å². The maximum atomic E-state index is 13.0. The molecule has 164 valence electrons. The number of hydrogen-bond donors (Lipinski definition) is 1. The van der Waals surface area contributed by atoms with Gasteiger partial charge >= 0.3 is 12.1 Å². The van der Waals surface area contributed by atoms with Gasteiger partial charge in [0.25, 0.3) is 0 Å². The molecule has 0 spiro atoms. The summed E-state index contributed by atoms with van der Waals surface area (Å²) in [6.45, 7) is 5.60. The van der Waals surface area contributed by atoms with E-state index in [1.807, 2.05) is 44.2 Å². The van der Waals surface area contributed by atoms with E-state index in [-0.39, 0.29) is 18.6 Å². The van der Waals surface area contributed by atoms with Crippen molar-refractivity contribution in [2.45, 2.75) is 52.3 Å². The highest BCUT2D eigenvalue weighted by atomic mass is 16.6. The summed E-state index contributed by atoms with van der Waals surface area (Å²) in [6, 6.07) is 7.63. The van der Waals surface area contributed by atoms with E-state index in [0.29, 0.717) is 13.0 Å². The lowest BCUT2D eigenvalue weighted by Gasteiger charge is -2.33. The highest BCUT2D eigenvalue weighted by Gasteiger charge is 2.42. The molecule has 0 radical (unpaired) electrons. The Labute approximate surface area is 176 Å². The van der Waals surface area contributed by atoms with E-state index in [1.165, 1.54) is 6.92 Å². The lowest BCUT2D eigenvalue weighted by molar-refractivity contribution is -0.149. The Morgan fingerprint density at radius 1 is 1.17 bits per heavy atom. The minimum Gasteiger partial charge on any atom is -0.467 e. The average Bonchev–Trinajstić information content (AvgIpc) is 3.19. The molecule has 1 heterocycles. The summed E-state index contributed by atoms with van der Waals surface area (Å²) in [5.74, 6) is -2.50. The van der Waals surface area contributed by atoms with Gasteiger partial charge in [-0.1, -0.05) is 44.2 Å². The molecule has 1 fully saturated rings. The molecule has 2 amide bonds. The third-order valence-electron chi connectivity index (χ3n) is 5.30. The van der Waals surface area contributed by atoms with E-state index in [0.717, 1.165) is 19.1 Å². The number of carbonyl (C=O) groups is 4. The Balaban J connectivity index is 2.10. The number of likely N-dealkylation sites (tertiary alicyclic amines) is 1. The third kappa shape index (κ3) is 5.81. The minimum absolute atomic E-state index is 0.122. The molecule has 1 saturated heterocycles. The van der Waals surface area contributed by atoms with Gasteiger partial charge in [-0.15, -0.1) is 0 Å². The molecule has 8 nitrogen and oxygen atoms in total. The van der Waals surface area contributed by atoms with E-state index in [4.69, 9.17) is 4.74 Å². The van der Waals surface area contributed by atoms with Crippen LogP contribution >= 0.6 is 0 Å². The number of rotatable bonds is 8. The molecule has 0 aromatic heterocycles. The van der Waals surface area contributed by atoms with E-state index in [9.17, 15) is 19.2 Å². The van der Waals surface area contributed by atoms with Gasteiger partial charge in [0, 0.05) is 12.6 Å². The summed E-state index contributed by atoms with van der Waals surface area (Å²) < 4.78 is 10.1. The van der Waals surface area contributed by atoms with E-state index >= 15 is 0 Å². The second-order valence-corrected chi connectivity index (χ2v) is 7.79. The van der Waals surface area contributed by atoms with Crippen molar-refractivity contribution in [3.05, 3.63) is 35.9 Å². The van der Waals surface area contributed by atoms with Gasteiger partial charge in [0.1, 0.15) is 6.61 Å². The van der Waals surface area contributed by atoms with Crippen LogP contribution in [0.1, 0.15) is 39.2 Å². The van der Waals surface area contributed by atoms with Crippen molar-refractivity contribution in [2.24, 2.45) is 11.8 Å². The van der Waals surface area contributed by atoms with Crippen LogP contribution in [0.4, 0.5) is 4.79 Å². The molecule has 3 atom stereocenters. The molecule has 8 heteroatoms. The smallest absolute Gasteiger partial charge is 0.410 e. The highest BCUT2D eigenvalue weighted by molar-refractivity contribution is 6.05. The van der Waals surface area contributed by atoms with Gasteiger partial charge in [-0.3, -0.25) is 9.59 Å². The number of benzene rings is 1. The summed E-state index contributed by atoms with van der Waals surface area (Å²) in [7, 11) is 1.16. The number of amides is 2. The number of hydrogen-bond acceptors (Lipinski definition) is 6. The molecular weight excluding hydrogens is 388 g/mol. The molecule has 2 unspecified atom stereocenters. The molecule has 0 bridgehead atoms. The molecule has 1 aromatic rings. The Morgan fingerprint density at radius 2 is 1.83 bits per heavy atom. The largest absolute Gasteiger partial charge is 0.467 e. The SMILES string of the molecule is COC(=O)C(NC(=O)C(C(C)C)[C@@H]1CCCN1C(=O)OCc1ccccc1)C(C)=O. The average molecular weight is 418 g/mol. The molecular formula is C22H30N2O6. The van der Waals surface area contributed by atoms with Crippen molar-refractivity contribution < 1.29 is 28.7 Å². The summed E-state index contributed by atoms with van der Waals surface area (Å²) in [6.07, 6.45) is 0.907. The van der Waals surface area contributed by atoms with Crippen molar-refractivity contribution >= 4 is 23.8 Å². The fourth-order valence-electron chi connectivity index (χ4n) is 3.80. The van der Waals surface area contributed by atoms with Crippen LogP contribution in [-0.2, 0) is 30.5 Å². The number of Topliss-reactive ketones (excluding diaryl/α,β-unsaturated/α-hetero) is 1. The lowest BCUT2D eigenvalue weighted by Crippen LogP contribution is -2.53. The van der Waals surface area contributed by atoms with E-state index in [2.05, 4.69) is 10.1 Å². The Hall–Kier alpha value is -2.90. The van der Waals surface area contributed by atoms with Crippen molar-refractivity contribution in [1.29, 1.82) is 0 Å². The molecule has 0 aliphatic carbocycles. The zero-order valence-corrected chi connectivity index (χ0v) is 17.9. The maximum absolute atomic E-state index is 13.0. The molecule has 1 aliphatic rings. The third-order valence-corrected chi connectivity index (χ3v) is 5.30. The highest BCUT2D eigenvalue weighted by Crippen LogP contribution is 2.30. The van der Waals surface area contributed by atoms with Crippen LogP contribution in [-0.4, -0.2) is 54.4 Å². The standard InChI is InChI=1S/C22H30N2O6/c1-14(2)18(20(26)23-19(15(3)25)21(27)29-4)17-11-8-12-24(17)22(28)30-13-16-9-6-5-7-10-16/h5-7,9-10,14,17-19H,8,11-13H2,1-4H3,(H,23,26)/t17-,18?,19?/m0/s1. The molecule has 1 N–H and O–H groups in total. The van der Waals surface area contributed by atoms with Gasteiger partial charge in [-0.2, -0.15) is 0 Å². The van der Waals surface area contributed by atoms with Gasteiger partial charge in [0.05, 0.1) is 13.0 Å². The maximum Gasteiger partial charge on any atom is 0.410 e. The molecule has 1 aliphatic heterocycles. The van der Waals surface area contributed by atoms with Crippen LogP contribution in [0, 0.1) is 11.8 Å². The summed E-state index contributed by atoms with van der Waals surface area (Å²) in [5.41, 5.74) is 0.877. The van der Waals surface area contributed by atoms with Gasteiger partial charge in [-0.05, 0) is 31.2 Å². The van der Waals surface area contributed by atoms with Crippen LogP contribution in [0.15, 0.2) is 30.3 Å². The second kappa shape index (κ2) is 10.8. The van der Waals surface area contributed by atoms with Gasteiger partial charge in [0.2, 0.25) is 5.91 Å². The first-order valence-corrected chi connectivity index (χ1v) is 10.1. The van der Waals surface area contributed by atoms with Crippen molar-refractivity contribution in [3.8, 4) is 0 Å². The van der Waals surface area contributed by atoms with E-state index < -0.39 is 35.7 Å². The van der Waals surface area contributed by atoms with Crippen LogP contribution in [0.2, 0.25) is 0 Å². The number of ketones is 1. The molecule has 30 heavy (non-hydrogen) atoms. The number of nitrogens with zero attached hydrogens (tertiary/aromatic N) is 1. The first-order valence-electron chi connectivity index (χ1n) is 10.1. The number of nitrogens with one attached hydrogen (secondary N) is 1. The summed E-state index contributed by atoms with van der Waals surface area (Å²) in [4.78, 5) is 50.9. The number of methoxy groups -OCH3 is 1. The first-order chi connectivity index (χ1) is 14.3. The van der Waals surface area contributed by atoms with E-state index in [1.54, 1.807) is 4.90 Å². The normalized spacial score (nSPS) is 17.9. The fraction of sp³-hybridized carbons (Fsp3) is 0.545. The first kappa shape index (κ1) is 23.4. The van der Waals surface area contributed by atoms with Crippen LogP contribution in [0.25, 0.3) is 0 Å².